The van der Waals surface area contributed by atoms with Crippen LogP contribution in [0.3, 0.4) is 0 Å². The van der Waals surface area contributed by atoms with Gasteiger partial charge < -0.3 is 10.5 Å². The summed E-state index contributed by atoms with van der Waals surface area (Å²) >= 11 is 6.81. The molecule has 0 saturated heterocycles. The maximum atomic E-state index is 5.81. The van der Waals surface area contributed by atoms with Crippen molar-refractivity contribution in [3.63, 3.8) is 0 Å². The Morgan fingerprint density at radius 1 is 1.18 bits per heavy atom. The third kappa shape index (κ3) is 2.98. The van der Waals surface area contributed by atoms with Gasteiger partial charge in [0, 0.05) is 10.2 Å². The summed E-state index contributed by atoms with van der Waals surface area (Å²) in [6.45, 7) is 1.89. The first-order chi connectivity index (χ1) is 8.06. The van der Waals surface area contributed by atoms with Crippen molar-refractivity contribution >= 4 is 37.5 Å². The number of anilines is 1. The van der Waals surface area contributed by atoms with Crippen molar-refractivity contribution in [2.45, 2.75) is 6.92 Å². The molecule has 0 aliphatic carbocycles. The summed E-state index contributed by atoms with van der Waals surface area (Å²) in [5.74, 6) is 1.10. The van der Waals surface area contributed by atoms with Crippen molar-refractivity contribution in [2.24, 2.45) is 0 Å². The third-order valence-electron chi connectivity index (χ3n) is 2.13. The van der Waals surface area contributed by atoms with E-state index in [2.05, 4.69) is 36.8 Å². The van der Waals surface area contributed by atoms with Crippen LogP contribution in [0.1, 0.15) is 5.69 Å². The monoisotopic (exact) mass is 356 g/mol. The number of aromatic nitrogens is 1. The summed E-state index contributed by atoms with van der Waals surface area (Å²) < 4.78 is 7.49. The van der Waals surface area contributed by atoms with Gasteiger partial charge in [-0.2, -0.15) is 0 Å². The topological polar surface area (TPSA) is 48.1 Å². The van der Waals surface area contributed by atoms with E-state index in [0.717, 1.165) is 14.6 Å². The minimum absolute atomic E-state index is 0.424. The molecule has 2 aromatic rings. The fourth-order valence-electron chi connectivity index (χ4n) is 1.29. The first-order valence-corrected chi connectivity index (χ1v) is 6.51. The highest BCUT2D eigenvalue weighted by molar-refractivity contribution is 9.11. The van der Waals surface area contributed by atoms with Crippen LogP contribution >= 0.6 is 31.9 Å². The average Bonchev–Trinajstić information content (AvgIpc) is 2.27. The normalized spacial score (nSPS) is 10.3. The van der Waals surface area contributed by atoms with E-state index in [-0.39, 0.29) is 0 Å². The van der Waals surface area contributed by atoms with E-state index in [1.807, 2.05) is 31.2 Å². The zero-order valence-electron chi connectivity index (χ0n) is 9.08. The number of pyridine rings is 1. The van der Waals surface area contributed by atoms with Crippen LogP contribution in [0.25, 0.3) is 0 Å². The SMILES string of the molecule is Cc1ccc(N)c(Oc2ccc(Br)cc2Br)n1. The largest absolute Gasteiger partial charge is 0.436 e. The standard InChI is InChI=1S/C12H10Br2N2O/c1-7-2-4-10(15)12(16-7)17-11-5-3-8(13)6-9(11)14/h2-6H,15H2,1H3. The number of nitrogens with two attached hydrogens (primary N) is 1. The predicted octanol–water partition coefficient (Wildman–Crippen LogP) is 4.29. The highest BCUT2D eigenvalue weighted by Gasteiger charge is 2.07. The van der Waals surface area contributed by atoms with E-state index < -0.39 is 0 Å². The Labute approximate surface area is 116 Å². The first-order valence-electron chi connectivity index (χ1n) is 4.92. The maximum absolute atomic E-state index is 5.81. The summed E-state index contributed by atoms with van der Waals surface area (Å²) in [5, 5.41) is 0. The second-order valence-electron chi connectivity index (χ2n) is 3.52. The molecule has 1 heterocycles. The summed E-state index contributed by atoms with van der Waals surface area (Å²) in [5.41, 5.74) is 7.19. The lowest BCUT2D eigenvalue weighted by molar-refractivity contribution is 0.461. The number of nitrogens with zero attached hydrogens (tertiary/aromatic N) is 1. The molecular weight excluding hydrogens is 348 g/mol. The molecule has 1 aromatic heterocycles. The van der Waals surface area contributed by atoms with Crippen LogP contribution in [0, 0.1) is 6.92 Å². The van der Waals surface area contributed by atoms with Crippen LogP contribution in [0.15, 0.2) is 39.3 Å². The number of ether oxygens (including phenoxy) is 1. The van der Waals surface area contributed by atoms with Gasteiger partial charge in [0.25, 0.3) is 0 Å². The van der Waals surface area contributed by atoms with E-state index in [9.17, 15) is 0 Å². The van der Waals surface area contributed by atoms with Gasteiger partial charge in [-0.05, 0) is 53.2 Å². The molecule has 0 fully saturated rings. The summed E-state index contributed by atoms with van der Waals surface area (Å²) in [4.78, 5) is 4.25. The van der Waals surface area contributed by atoms with E-state index in [1.165, 1.54) is 0 Å². The molecule has 1 aromatic carbocycles. The Bertz CT molecular complexity index is 558. The van der Waals surface area contributed by atoms with Gasteiger partial charge in [-0.15, -0.1) is 0 Å². The van der Waals surface area contributed by atoms with Gasteiger partial charge in [0.15, 0.2) is 0 Å². The van der Waals surface area contributed by atoms with Crippen LogP contribution in [-0.4, -0.2) is 4.98 Å². The summed E-state index contributed by atoms with van der Waals surface area (Å²) in [6, 6.07) is 9.27. The quantitative estimate of drug-likeness (QED) is 0.872. The average molecular weight is 358 g/mol. The highest BCUT2D eigenvalue weighted by Crippen LogP contribution is 2.33. The zero-order valence-corrected chi connectivity index (χ0v) is 12.2. The minimum atomic E-state index is 0.424. The van der Waals surface area contributed by atoms with Gasteiger partial charge in [-0.25, -0.2) is 4.98 Å². The molecule has 0 saturated carbocycles. The summed E-state index contributed by atoms with van der Waals surface area (Å²) in [6.07, 6.45) is 0. The van der Waals surface area contributed by atoms with Crippen molar-refractivity contribution in [2.75, 3.05) is 5.73 Å². The number of rotatable bonds is 2. The lowest BCUT2D eigenvalue weighted by atomic mass is 10.3. The molecule has 0 spiro atoms. The van der Waals surface area contributed by atoms with Crippen LogP contribution in [0.4, 0.5) is 5.69 Å². The molecule has 0 aliphatic heterocycles. The molecule has 0 aliphatic rings. The number of halogens is 2. The number of nitrogen functional groups attached to an aromatic ring is 1. The smallest absolute Gasteiger partial charge is 0.242 e. The third-order valence-corrected chi connectivity index (χ3v) is 3.24. The fraction of sp³-hybridized carbons (Fsp3) is 0.0833. The lowest BCUT2D eigenvalue weighted by Crippen LogP contribution is -1.96. The molecule has 17 heavy (non-hydrogen) atoms. The molecule has 0 amide bonds. The Kier molecular flexibility index (Phi) is 3.69. The van der Waals surface area contributed by atoms with Gasteiger partial charge in [0.2, 0.25) is 5.88 Å². The van der Waals surface area contributed by atoms with E-state index in [0.29, 0.717) is 17.3 Å². The van der Waals surface area contributed by atoms with Gasteiger partial charge in [-0.1, -0.05) is 15.9 Å². The van der Waals surface area contributed by atoms with Gasteiger partial charge in [0.1, 0.15) is 5.75 Å². The first kappa shape index (κ1) is 12.4. The molecule has 0 bridgehead atoms. The molecule has 2 rings (SSSR count). The highest BCUT2D eigenvalue weighted by atomic mass is 79.9. The van der Waals surface area contributed by atoms with Crippen molar-refractivity contribution in [1.29, 1.82) is 0 Å². The minimum Gasteiger partial charge on any atom is -0.436 e. The van der Waals surface area contributed by atoms with Gasteiger partial charge in [-0.3, -0.25) is 0 Å². The van der Waals surface area contributed by atoms with Crippen LogP contribution < -0.4 is 10.5 Å². The lowest BCUT2D eigenvalue weighted by Gasteiger charge is -2.09. The Balaban J connectivity index is 2.34. The molecule has 3 nitrogen and oxygen atoms in total. The van der Waals surface area contributed by atoms with Crippen LogP contribution in [-0.2, 0) is 0 Å². The Hall–Kier alpha value is -1.07. The molecule has 2 N–H and O–H groups in total. The predicted molar refractivity (Wildman–Crippen MR) is 75.3 cm³/mol. The molecule has 0 atom stereocenters. The van der Waals surface area contributed by atoms with Crippen molar-refractivity contribution in [3.05, 3.63) is 45.0 Å². The second-order valence-corrected chi connectivity index (χ2v) is 5.29. The van der Waals surface area contributed by atoms with E-state index >= 15 is 0 Å². The van der Waals surface area contributed by atoms with E-state index in [1.54, 1.807) is 6.07 Å². The van der Waals surface area contributed by atoms with Gasteiger partial charge in [0.05, 0.1) is 10.2 Å². The van der Waals surface area contributed by atoms with E-state index in [4.69, 9.17) is 10.5 Å². The number of hydrogen-bond acceptors (Lipinski definition) is 3. The van der Waals surface area contributed by atoms with Crippen molar-refractivity contribution in [1.82, 2.24) is 4.98 Å². The van der Waals surface area contributed by atoms with Crippen LogP contribution in [0.5, 0.6) is 11.6 Å². The maximum Gasteiger partial charge on any atom is 0.242 e. The fourth-order valence-corrected chi connectivity index (χ4v) is 2.42. The molecule has 88 valence electrons. The Morgan fingerprint density at radius 2 is 1.94 bits per heavy atom. The molecule has 0 unspecified atom stereocenters. The molecular formula is C12H10Br2N2O. The molecule has 0 radical (unpaired) electrons. The van der Waals surface area contributed by atoms with Gasteiger partial charge >= 0.3 is 0 Å². The van der Waals surface area contributed by atoms with Crippen molar-refractivity contribution < 1.29 is 4.74 Å². The number of benzene rings is 1. The number of aryl methyl sites for hydroxylation is 1. The number of hydrogen-bond donors (Lipinski definition) is 1. The summed E-state index contributed by atoms with van der Waals surface area (Å²) in [7, 11) is 0. The second kappa shape index (κ2) is 5.06. The molecule has 5 heteroatoms. The van der Waals surface area contributed by atoms with Crippen molar-refractivity contribution in [3.8, 4) is 11.6 Å². The zero-order chi connectivity index (χ0) is 12.4. The van der Waals surface area contributed by atoms with Crippen LogP contribution in [0.2, 0.25) is 0 Å². The Morgan fingerprint density at radius 3 is 2.65 bits per heavy atom.